The van der Waals surface area contributed by atoms with E-state index in [2.05, 4.69) is 4.98 Å². The number of hydrogen-bond acceptors (Lipinski definition) is 4. The van der Waals surface area contributed by atoms with Gasteiger partial charge in [0.25, 0.3) is 0 Å². The number of halogens is 1. The van der Waals surface area contributed by atoms with Crippen LogP contribution in [0.3, 0.4) is 0 Å². The molecular formula is C15H17ClN2O2S. The summed E-state index contributed by atoms with van der Waals surface area (Å²) in [7, 11) is 1.83. The zero-order valence-corrected chi connectivity index (χ0v) is 13.5. The maximum absolute atomic E-state index is 12.5. The number of nitrogens with zero attached hydrogens (tertiary/aromatic N) is 2. The van der Waals surface area contributed by atoms with Gasteiger partial charge in [-0.3, -0.25) is 4.79 Å². The van der Waals surface area contributed by atoms with Crippen LogP contribution in [0.1, 0.15) is 29.4 Å². The molecular weight excluding hydrogens is 308 g/mol. The van der Waals surface area contributed by atoms with Crippen molar-refractivity contribution in [3.8, 4) is 0 Å². The first-order chi connectivity index (χ1) is 10.1. The summed E-state index contributed by atoms with van der Waals surface area (Å²) in [4.78, 5) is 16.8. The van der Waals surface area contributed by atoms with Crippen LogP contribution in [0.15, 0.2) is 35.6 Å². The minimum absolute atomic E-state index is 0.0627. The number of aliphatic hydroxyl groups is 1. The number of aliphatic hydroxyl groups excluding tert-OH is 1. The van der Waals surface area contributed by atoms with Gasteiger partial charge in [0.15, 0.2) is 10.9 Å². The number of ketones is 1. The summed E-state index contributed by atoms with van der Waals surface area (Å²) in [5, 5.41) is 10.3. The third-order valence-corrected chi connectivity index (χ3v) is 4.92. The van der Waals surface area contributed by atoms with Crippen LogP contribution in [-0.4, -0.2) is 25.7 Å². The van der Waals surface area contributed by atoms with Crippen LogP contribution in [0.4, 0.5) is 0 Å². The van der Waals surface area contributed by atoms with Crippen LogP contribution in [0.25, 0.3) is 0 Å². The number of carbonyl (C=O) groups is 1. The molecule has 1 unspecified atom stereocenters. The zero-order valence-electron chi connectivity index (χ0n) is 11.9. The summed E-state index contributed by atoms with van der Waals surface area (Å²) in [6, 6.07) is 6.92. The Balaban J connectivity index is 2.17. The molecule has 0 saturated heterocycles. The molecule has 0 radical (unpaired) electrons. The maximum atomic E-state index is 12.5. The lowest BCUT2D eigenvalue weighted by Gasteiger charge is -2.13. The largest absolute Gasteiger partial charge is 0.390 e. The van der Waals surface area contributed by atoms with Crippen molar-refractivity contribution in [2.24, 2.45) is 7.05 Å². The Morgan fingerprint density at radius 1 is 1.43 bits per heavy atom. The second kappa shape index (κ2) is 7.11. The average molecular weight is 325 g/mol. The van der Waals surface area contributed by atoms with E-state index < -0.39 is 0 Å². The Bertz CT molecular complexity index is 625. The maximum Gasteiger partial charge on any atom is 0.176 e. The Morgan fingerprint density at radius 2 is 2.10 bits per heavy atom. The van der Waals surface area contributed by atoms with E-state index in [1.807, 2.05) is 18.5 Å². The number of rotatable bonds is 6. The molecule has 2 aromatic rings. The lowest BCUT2D eigenvalue weighted by Crippen LogP contribution is -2.17. The van der Waals surface area contributed by atoms with Gasteiger partial charge in [0.2, 0.25) is 0 Å². The van der Waals surface area contributed by atoms with E-state index in [9.17, 15) is 9.90 Å². The molecule has 2 rings (SSSR count). The summed E-state index contributed by atoms with van der Waals surface area (Å²) in [6.45, 7) is 1.91. The molecule has 1 atom stereocenters. The number of imidazole rings is 1. The predicted molar refractivity (Wildman–Crippen MR) is 84.8 cm³/mol. The summed E-state index contributed by atoms with van der Waals surface area (Å²) in [6.07, 6.45) is 2.33. The van der Waals surface area contributed by atoms with Crippen molar-refractivity contribution in [2.75, 3.05) is 0 Å². The molecule has 1 heterocycles. The number of hydrogen-bond donors (Lipinski definition) is 1. The van der Waals surface area contributed by atoms with E-state index in [-0.39, 0.29) is 17.6 Å². The minimum atomic E-state index is -0.209. The Kier molecular flexibility index (Phi) is 5.45. The highest BCUT2D eigenvalue weighted by Crippen LogP contribution is 2.27. The first-order valence-corrected chi connectivity index (χ1v) is 7.90. The van der Waals surface area contributed by atoms with E-state index in [4.69, 9.17) is 11.6 Å². The molecule has 1 aromatic heterocycles. The summed E-state index contributed by atoms with van der Waals surface area (Å²) in [5.41, 5.74) is 1.38. The van der Waals surface area contributed by atoms with Crippen LogP contribution in [-0.2, 0) is 13.7 Å². The third kappa shape index (κ3) is 3.67. The molecule has 112 valence electrons. The van der Waals surface area contributed by atoms with Crippen molar-refractivity contribution in [1.29, 1.82) is 0 Å². The van der Waals surface area contributed by atoms with Gasteiger partial charge >= 0.3 is 0 Å². The van der Waals surface area contributed by atoms with Gasteiger partial charge < -0.3 is 9.67 Å². The van der Waals surface area contributed by atoms with Gasteiger partial charge in [0.05, 0.1) is 23.7 Å². The molecule has 1 N–H and O–H groups in total. The van der Waals surface area contributed by atoms with Gasteiger partial charge in [-0.15, -0.1) is 0 Å². The van der Waals surface area contributed by atoms with E-state index in [0.29, 0.717) is 17.0 Å². The molecule has 0 amide bonds. The molecule has 0 spiro atoms. The Labute approximate surface area is 133 Å². The lowest BCUT2D eigenvalue weighted by atomic mass is 10.1. The van der Waals surface area contributed by atoms with Crippen molar-refractivity contribution in [2.45, 2.75) is 30.4 Å². The highest BCUT2D eigenvalue weighted by atomic mass is 35.5. The first kappa shape index (κ1) is 16.1. The molecule has 0 aliphatic heterocycles. The zero-order chi connectivity index (χ0) is 15.4. The van der Waals surface area contributed by atoms with Gasteiger partial charge in [0.1, 0.15) is 0 Å². The number of thioether (sulfide) groups is 1. The molecule has 21 heavy (non-hydrogen) atoms. The van der Waals surface area contributed by atoms with Gasteiger partial charge in [-0.2, -0.15) is 0 Å². The number of Topliss-reactive ketones (excluding diaryl/α,β-unsaturated/α-hetero) is 1. The Hall–Kier alpha value is -1.30. The topological polar surface area (TPSA) is 55.1 Å². The number of aromatic nitrogens is 2. The second-order valence-corrected chi connectivity index (χ2v) is 6.24. The SMILES string of the molecule is CCC(Sc1ncc(CO)n1C)C(=O)c1ccc(Cl)cc1. The van der Waals surface area contributed by atoms with Crippen molar-refractivity contribution < 1.29 is 9.90 Å². The van der Waals surface area contributed by atoms with Crippen LogP contribution in [0.2, 0.25) is 5.02 Å². The van der Waals surface area contributed by atoms with Gasteiger partial charge in [-0.05, 0) is 30.7 Å². The van der Waals surface area contributed by atoms with Crippen molar-refractivity contribution in [1.82, 2.24) is 9.55 Å². The van der Waals surface area contributed by atoms with Crippen LogP contribution in [0.5, 0.6) is 0 Å². The highest BCUT2D eigenvalue weighted by molar-refractivity contribution is 8.00. The molecule has 0 saturated carbocycles. The molecule has 0 fully saturated rings. The average Bonchev–Trinajstić information content (AvgIpc) is 2.85. The molecule has 0 bridgehead atoms. The smallest absolute Gasteiger partial charge is 0.176 e. The third-order valence-electron chi connectivity index (χ3n) is 3.24. The van der Waals surface area contributed by atoms with Gasteiger partial charge in [-0.1, -0.05) is 30.3 Å². The van der Waals surface area contributed by atoms with Gasteiger partial charge in [0, 0.05) is 17.6 Å². The molecule has 0 aliphatic carbocycles. The fourth-order valence-corrected chi connectivity index (χ4v) is 3.11. The van der Waals surface area contributed by atoms with Crippen molar-refractivity contribution in [3.63, 3.8) is 0 Å². The Morgan fingerprint density at radius 3 is 2.62 bits per heavy atom. The predicted octanol–water partition coefficient (Wildman–Crippen LogP) is 3.32. The minimum Gasteiger partial charge on any atom is -0.390 e. The first-order valence-electron chi connectivity index (χ1n) is 6.64. The quantitative estimate of drug-likeness (QED) is 0.654. The van der Waals surface area contributed by atoms with E-state index in [1.54, 1.807) is 30.5 Å². The van der Waals surface area contributed by atoms with E-state index in [0.717, 1.165) is 10.9 Å². The number of benzene rings is 1. The standard InChI is InChI=1S/C15H17ClN2O2S/c1-3-13(14(20)10-4-6-11(16)7-5-10)21-15-17-8-12(9-19)18(15)2/h4-8,13,19H,3,9H2,1-2H3. The molecule has 4 nitrogen and oxygen atoms in total. The molecule has 0 aliphatic rings. The second-order valence-electron chi connectivity index (χ2n) is 4.64. The monoisotopic (exact) mass is 324 g/mol. The molecule has 1 aromatic carbocycles. The lowest BCUT2D eigenvalue weighted by molar-refractivity contribution is 0.0988. The highest BCUT2D eigenvalue weighted by Gasteiger charge is 2.22. The summed E-state index contributed by atoms with van der Waals surface area (Å²) in [5.74, 6) is 0.0627. The number of carbonyl (C=O) groups excluding carboxylic acids is 1. The van der Waals surface area contributed by atoms with Crippen LogP contribution >= 0.6 is 23.4 Å². The normalized spacial score (nSPS) is 12.4. The summed E-state index contributed by atoms with van der Waals surface area (Å²) < 4.78 is 1.81. The van der Waals surface area contributed by atoms with Crippen LogP contribution < -0.4 is 0 Å². The van der Waals surface area contributed by atoms with Crippen molar-refractivity contribution >= 4 is 29.1 Å². The molecule has 6 heteroatoms. The van der Waals surface area contributed by atoms with E-state index in [1.165, 1.54) is 11.8 Å². The van der Waals surface area contributed by atoms with Gasteiger partial charge in [-0.25, -0.2) is 4.98 Å². The fraction of sp³-hybridized carbons (Fsp3) is 0.333. The van der Waals surface area contributed by atoms with Crippen LogP contribution in [0, 0.1) is 0 Å². The summed E-state index contributed by atoms with van der Waals surface area (Å²) >= 11 is 7.26. The van der Waals surface area contributed by atoms with E-state index >= 15 is 0 Å². The fourth-order valence-electron chi connectivity index (χ4n) is 1.93. The van der Waals surface area contributed by atoms with Crippen molar-refractivity contribution in [3.05, 3.63) is 46.7 Å².